The van der Waals surface area contributed by atoms with Crippen LogP contribution in [0.5, 0.6) is 0 Å². The van der Waals surface area contributed by atoms with Gasteiger partial charge >= 0.3 is 11.8 Å². The topological polar surface area (TPSA) is 61.4 Å². The average Bonchev–Trinajstić information content (AvgIpc) is 2.42. The summed E-state index contributed by atoms with van der Waals surface area (Å²) in [5.74, 6) is -2.27. The molecule has 0 aromatic heterocycles. The molecule has 1 rings (SSSR count). The Balaban J connectivity index is 2.49. The van der Waals surface area contributed by atoms with E-state index in [2.05, 4.69) is 26.6 Å². The fourth-order valence-electron chi connectivity index (χ4n) is 1.37. The van der Waals surface area contributed by atoms with E-state index in [9.17, 15) is 14.0 Å². The van der Waals surface area contributed by atoms with Gasteiger partial charge in [0.2, 0.25) is 0 Å². The van der Waals surface area contributed by atoms with E-state index in [0.29, 0.717) is 17.6 Å². The second-order valence-electron chi connectivity index (χ2n) is 4.23. The quantitative estimate of drug-likeness (QED) is 0.796. The highest BCUT2D eigenvalue weighted by molar-refractivity contribution is 9.10. The summed E-state index contributed by atoms with van der Waals surface area (Å²) in [7, 11) is 1.91. The lowest BCUT2D eigenvalue weighted by Gasteiger charge is -2.13. The summed E-state index contributed by atoms with van der Waals surface area (Å²) >= 11 is 3.17. The molecule has 0 aliphatic carbocycles. The third kappa shape index (κ3) is 5.26. The van der Waals surface area contributed by atoms with Crippen LogP contribution in [0.2, 0.25) is 0 Å². The van der Waals surface area contributed by atoms with Crippen LogP contribution in [0.15, 0.2) is 22.7 Å². The number of hydrogen-bond donors (Lipinski definition) is 2. The molecule has 110 valence electrons. The third-order valence-corrected chi connectivity index (χ3v) is 3.20. The van der Waals surface area contributed by atoms with Crippen LogP contribution < -0.4 is 10.6 Å². The van der Waals surface area contributed by atoms with Gasteiger partial charge in [0.05, 0.1) is 5.69 Å². The van der Waals surface area contributed by atoms with E-state index in [1.807, 2.05) is 18.9 Å². The first-order chi connectivity index (χ1) is 9.43. The van der Waals surface area contributed by atoms with Crippen molar-refractivity contribution in [2.24, 2.45) is 0 Å². The SMILES string of the molecule is CCN(C)CCNC(=O)C(=O)Nc1cc(Br)ccc1F. The molecule has 1 aromatic rings. The Hall–Kier alpha value is -1.47. The lowest BCUT2D eigenvalue weighted by molar-refractivity contribution is -0.136. The molecule has 0 aliphatic rings. The van der Waals surface area contributed by atoms with Gasteiger partial charge in [0.15, 0.2) is 0 Å². The smallest absolute Gasteiger partial charge is 0.313 e. The number of hydrogen-bond acceptors (Lipinski definition) is 3. The Kier molecular flexibility index (Phi) is 6.60. The monoisotopic (exact) mass is 345 g/mol. The van der Waals surface area contributed by atoms with Gasteiger partial charge in [0, 0.05) is 17.6 Å². The third-order valence-electron chi connectivity index (χ3n) is 2.70. The second-order valence-corrected chi connectivity index (χ2v) is 5.15. The predicted molar refractivity (Wildman–Crippen MR) is 78.9 cm³/mol. The normalized spacial score (nSPS) is 10.4. The van der Waals surface area contributed by atoms with Gasteiger partial charge < -0.3 is 15.5 Å². The molecular formula is C13H17BrFN3O2. The van der Waals surface area contributed by atoms with Crippen molar-refractivity contribution < 1.29 is 14.0 Å². The van der Waals surface area contributed by atoms with E-state index in [-0.39, 0.29) is 5.69 Å². The molecule has 0 spiro atoms. The molecule has 0 aliphatic heterocycles. The number of nitrogens with zero attached hydrogens (tertiary/aromatic N) is 1. The van der Waals surface area contributed by atoms with E-state index in [4.69, 9.17) is 0 Å². The van der Waals surface area contributed by atoms with Crippen molar-refractivity contribution in [1.29, 1.82) is 0 Å². The molecule has 0 saturated carbocycles. The maximum Gasteiger partial charge on any atom is 0.313 e. The number of halogens is 2. The van der Waals surface area contributed by atoms with Gasteiger partial charge in [-0.2, -0.15) is 0 Å². The number of likely N-dealkylation sites (N-methyl/N-ethyl adjacent to an activating group) is 1. The Morgan fingerprint density at radius 3 is 2.70 bits per heavy atom. The summed E-state index contributed by atoms with van der Waals surface area (Å²) in [6.07, 6.45) is 0. The Morgan fingerprint density at radius 1 is 1.35 bits per heavy atom. The minimum atomic E-state index is -0.888. The van der Waals surface area contributed by atoms with Crippen LogP contribution in [0.25, 0.3) is 0 Å². The van der Waals surface area contributed by atoms with Crippen molar-refractivity contribution in [3.63, 3.8) is 0 Å². The van der Waals surface area contributed by atoms with Crippen LogP contribution in [0, 0.1) is 5.82 Å². The first kappa shape index (κ1) is 16.6. The molecule has 0 unspecified atom stereocenters. The predicted octanol–water partition coefficient (Wildman–Crippen LogP) is 1.59. The van der Waals surface area contributed by atoms with E-state index in [0.717, 1.165) is 6.54 Å². The lowest BCUT2D eigenvalue weighted by atomic mass is 10.3. The zero-order valence-corrected chi connectivity index (χ0v) is 13.0. The second kappa shape index (κ2) is 7.96. The maximum atomic E-state index is 13.4. The van der Waals surface area contributed by atoms with E-state index in [1.165, 1.54) is 18.2 Å². The lowest BCUT2D eigenvalue weighted by Crippen LogP contribution is -2.39. The summed E-state index contributed by atoms with van der Waals surface area (Å²) in [4.78, 5) is 25.1. The number of nitrogens with one attached hydrogen (secondary N) is 2. The summed E-state index contributed by atoms with van der Waals surface area (Å²) in [6.45, 7) is 3.84. The van der Waals surface area contributed by atoms with Gasteiger partial charge in [0.1, 0.15) is 5.82 Å². The van der Waals surface area contributed by atoms with Gasteiger partial charge in [-0.3, -0.25) is 9.59 Å². The fraction of sp³-hybridized carbons (Fsp3) is 0.385. The minimum Gasteiger partial charge on any atom is -0.347 e. The van der Waals surface area contributed by atoms with Gasteiger partial charge in [-0.1, -0.05) is 22.9 Å². The molecule has 5 nitrogen and oxygen atoms in total. The summed E-state index contributed by atoms with van der Waals surface area (Å²) < 4.78 is 14.0. The average molecular weight is 346 g/mol. The Morgan fingerprint density at radius 2 is 2.05 bits per heavy atom. The highest BCUT2D eigenvalue weighted by Gasteiger charge is 2.15. The molecule has 7 heteroatoms. The van der Waals surface area contributed by atoms with E-state index < -0.39 is 17.6 Å². The molecule has 0 saturated heterocycles. The van der Waals surface area contributed by atoms with Crippen molar-refractivity contribution in [2.75, 3.05) is 32.0 Å². The highest BCUT2D eigenvalue weighted by Crippen LogP contribution is 2.19. The van der Waals surface area contributed by atoms with Crippen LogP contribution in [0.3, 0.4) is 0 Å². The van der Waals surface area contributed by atoms with Crippen molar-refractivity contribution in [3.8, 4) is 0 Å². The maximum absolute atomic E-state index is 13.4. The van der Waals surface area contributed by atoms with Gasteiger partial charge in [-0.05, 0) is 31.8 Å². The molecule has 0 bridgehead atoms. The molecule has 0 heterocycles. The standard InChI is InChI=1S/C13H17BrFN3O2/c1-3-18(2)7-6-16-12(19)13(20)17-11-8-9(14)4-5-10(11)15/h4-5,8H,3,6-7H2,1-2H3,(H,16,19)(H,17,20). The number of benzene rings is 1. The van der Waals surface area contributed by atoms with E-state index in [1.54, 1.807) is 0 Å². The first-order valence-electron chi connectivity index (χ1n) is 6.16. The minimum absolute atomic E-state index is 0.0369. The van der Waals surface area contributed by atoms with Crippen LogP contribution in [-0.4, -0.2) is 43.4 Å². The zero-order chi connectivity index (χ0) is 15.1. The van der Waals surface area contributed by atoms with Crippen molar-refractivity contribution >= 4 is 33.4 Å². The van der Waals surface area contributed by atoms with Crippen molar-refractivity contribution in [1.82, 2.24) is 10.2 Å². The summed E-state index contributed by atoms with van der Waals surface area (Å²) in [6, 6.07) is 4.10. The molecule has 1 aromatic carbocycles. The van der Waals surface area contributed by atoms with Gasteiger partial charge in [0.25, 0.3) is 0 Å². The van der Waals surface area contributed by atoms with Crippen LogP contribution in [-0.2, 0) is 9.59 Å². The van der Waals surface area contributed by atoms with Crippen molar-refractivity contribution in [2.45, 2.75) is 6.92 Å². The van der Waals surface area contributed by atoms with Crippen LogP contribution in [0.1, 0.15) is 6.92 Å². The molecule has 2 N–H and O–H groups in total. The fourth-order valence-corrected chi connectivity index (χ4v) is 1.73. The summed E-state index contributed by atoms with van der Waals surface area (Å²) in [5, 5.41) is 4.71. The molecule has 20 heavy (non-hydrogen) atoms. The zero-order valence-electron chi connectivity index (χ0n) is 11.4. The van der Waals surface area contributed by atoms with E-state index >= 15 is 0 Å². The highest BCUT2D eigenvalue weighted by atomic mass is 79.9. The number of carbonyl (C=O) groups excluding carboxylic acids is 2. The van der Waals surface area contributed by atoms with Crippen LogP contribution >= 0.6 is 15.9 Å². The Bertz CT molecular complexity index is 497. The number of amides is 2. The molecule has 0 fully saturated rings. The first-order valence-corrected chi connectivity index (χ1v) is 6.96. The number of anilines is 1. The molecule has 0 atom stereocenters. The molecule has 2 amide bonds. The van der Waals surface area contributed by atoms with Gasteiger partial charge in [-0.15, -0.1) is 0 Å². The molecular weight excluding hydrogens is 329 g/mol. The Labute approximate surface area is 125 Å². The largest absolute Gasteiger partial charge is 0.347 e. The number of rotatable bonds is 5. The summed E-state index contributed by atoms with van der Waals surface area (Å²) in [5.41, 5.74) is -0.0369. The van der Waals surface area contributed by atoms with Crippen molar-refractivity contribution in [3.05, 3.63) is 28.5 Å². The van der Waals surface area contributed by atoms with Crippen LogP contribution in [0.4, 0.5) is 10.1 Å². The number of carbonyl (C=O) groups is 2. The molecule has 0 radical (unpaired) electrons. The van der Waals surface area contributed by atoms with Gasteiger partial charge in [-0.25, -0.2) is 4.39 Å².